The third-order valence-corrected chi connectivity index (χ3v) is 4.87. The molecule has 0 aromatic heterocycles. The SMILES string of the molecule is CC(NCC1=CC=CC1CN(C)C)C1=C(O)c2ccccc2C(=O)C1=O. The van der Waals surface area contributed by atoms with Crippen LogP contribution in [0.15, 0.2) is 53.6 Å². The number of rotatable bonds is 6. The molecule has 0 bridgehead atoms. The number of hydrogen-bond acceptors (Lipinski definition) is 5. The highest BCUT2D eigenvalue weighted by atomic mass is 16.3. The van der Waals surface area contributed by atoms with E-state index in [9.17, 15) is 14.7 Å². The van der Waals surface area contributed by atoms with E-state index in [1.54, 1.807) is 31.2 Å². The lowest BCUT2D eigenvalue weighted by atomic mass is 9.85. The number of Topliss-reactive ketones (excluding diaryl/α,β-unsaturated/α-hetero) is 2. The lowest BCUT2D eigenvalue weighted by Gasteiger charge is -2.24. The van der Waals surface area contributed by atoms with E-state index in [1.165, 1.54) is 5.57 Å². The highest BCUT2D eigenvalue weighted by Gasteiger charge is 2.35. The standard InChI is InChI=1S/C21H24N2O3/c1-13(22-11-14-7-6-8-15(14)12-23(2)3)18-19(24)16-9-4-5-10-17(16)20(25)21(18)26/h4-10,13,15,22,24H,11-12H2,1-3H3. The van der Waals surface area contributed by atoms with Crippen LogP contribution in [0.1, 0.15) is 22.8 Å². The van der Waals surface area contributed by atoms with E-state index in [4.69, 9.17) is 0 Å². The third-order valence-electron chi connectivity index (χ3n) is 4.87. The zero-order chi connectivity index (χ0) is 18.8. The number of allylic oxidation sites excluding steroid dienone is 2. The molecule has 0 fully saturated rings. The Kier molecular flexibility index (Phi) is 5.20. The molecule has 5 heteroatoms. The molecule has 2 atom stereocenters. The molecule has 0 saturated carbocycles. The average Bonchev–Trinajstić information content (AvgIpc) is 3.04. The summed E-state index contributed by atoms with van der Waals surface area (Å²) in [6.45, 7) is 3.30. The van der Waals surface area contributed by atoms with Crippen LogP contribution in [-0.2, 0) is 4.79 Å². The van der Waals surface area contributed by atoms with Crippen molar-refractivity contribution >= 4 is 17.3 Å². The van der Waals surface area contributed by atoms with E-state index < -0.39 is 17.6 Å². The molecule has 0 spiro atoms. The fourth-order valence-corrected chi connectivity index (χ4v) is 3.48. The number of aliphatic hydroxyl groups is 1. The first-order valence-electron chi connectivity index (χ1n) is 8.77. The van der Waals surface area contributed by atoms with Crippen molar-refractivity contribution in [2.45, 2.75) is 13.0 Å². The predicted molar refractivity (Wildman–Crippen MR) is 102 cm³/mol. The van der Waals surface area contributed by atoms with Gasteiger partial charge in [-0.25, -0.2) is 0 Å². The quantitative estimate of drug-likeness (QED) is 0.769. The predicted octanol–water partition coefficient (Wildman–Crippen LogP) is 2.37. The minimum absolute atomic E-state index is 0.103. The zero-order valence-electron chi connectivity index (χ0n) is 15.3. The van der Waals surface area contributed by atoms with Crippen LogP contribution in [0, 0.1) is 5.92 Å². The van der Waals surface area contributed by atoms with E-state index in [-0.39, 0.29) is 16.9 Å². The van der Waals surface area contributed by atoms with Gasteiger partial charge in [0.1, 0.15) is 5.76 Å². The Bertz CT molecular complexity index is 833. The number of nitrogens with one attached hydrogen (secondary N) is 1. The Balaban J connectivity index is 1.77. The van der Waals surface area contributed by atoms with Crippen molar-refractivity contribution in [1.82, 2.24) is 10.2 Å². The highest BCUT2D eigenvalue weighted by molar-refractivity contribution is 6.52. The van der Waals surface area contributed by atoms with Crippen molar-refractivity contribution in [1.29, 1.82) is 0 Å². The number of nitrogens with zero attached hydrogens (tertiary/aromatic N) is 1. The fourth-order valence-electron chi connectivity index (χ4n) is 3.48. The first-order chi connectivity index (χ1) is 12.4. The van der Waals surface area contributed by atoms with Crippen molar-refractivity contribution < 1.29 is 14.7 Å². The largest absolute Gasteiger partial charge is 0.507 e. The van der Waals surface area contributed by atoms with Gasteiger partial charge in [0.25, 0.3) is 0 Å². The molecule has 2 N–H and O–H groups in total. The van der Waals surface area contributed by atoms with Crippen LogP contribution in [0.4, 0.5) is 0 Å². The van der Waals surface area contributed by atoms with Crippen LogP contribution in [0.2, 0.25) is 0 Å². The molecule has 2 unspecified atom stereocenters. The van der Waals surface area contributed by atoms with E-state index in [0.29, 0.717) is 18.0 Å². The Morgan fingerprint density at radius 2 is 1.85 bits per heavy atom. The molecule has 0 amide bonds. The first kappa shape index (κ1) is 18.3. The van der Waals surface area contributed by atoms with Gasteiger partial charge in [0.2, 0.25) is 11.6 Å². The molecule has 1 aromatic carbocycles. The second kappa shape index (κ2) is 7.40. The molecule has 0 heterocycles. The van der Waals surface area contributed by atoms with Crippen LogP contribution in [0.5, 0.6) is 0 Å². The average molecular weight is 352 g/mol. The van der Waals surface area contributed by atoms with E-state index in [2.05, 4.69) is 22.4 Å². The summed E-state index contributed by atoms with van der Waals surface area (Å²) in [5.74, 6) is -0.968. The van der Waals surface area contributed by atoms with Crippen LogP contribution in [0.25, 0.3) is 5.76 Å². The van der Waals surface area contributed by atoms with Gasteiger partial charge in [-0.05, 0) is 26.6 Å². The fraction of sp³-hybridized carbons (Fsp3) is 0.333. The molecule has 26 heavy (non-hydrogen) atoms. The summed E-state index contributed by atoms with van der Waals surface area (Å²) in [5, 5.41) is 13.9. The second-order valence-corrected chi connectivity index (χ2v) is 7.06. The maximum atomic E-state index is 12.5. The maximum Gasteiger partial charge on any atom is 0.234 e. The minimum Gasteiger partial charge on any atom is -0.507 e. The molecule has 1 aromatic rings. The van der Waals surface area contributed by atoms with Crippen molar-refractivity contribution in [3.8, 4) is 0 Å². The summed E-state index contributed by atoms with van der Waals surface area (Å²) in [6.07, 6.45) is 6.27. The molecule has 2 aliphatic carbocycles. The number of carbonyl (C=O) groups excluding carboxylic acids is 2. The Morgan fingerprint density at radius 1 is 1.15 bits per heavy atom. The zero-order valence-corrected chi connectivity index (χ0v) is 15.3. The molecule has 0 saturated heterocycles. The molecule has 0 aliphatic heterocycles. The van der Waals surface area contributed by atoms with Crippen LogP contribution >= 0.6 is 0 Å². The van der Waals surface area contributed by atoms with Gasteiger partial charge in [-0.1, -0.05) is 42.5 Å². The van der Waals surface area contributed by atoms with Gasteiger partial charge in [0, 0.05) is 36.2 Å². The second-order valence-electron chi connectivity index (χ2n) is 7.06. The summed E-state index contributed by atoms with van der Waals surface area (Å²) < 4.78 is 0. The Morgan fingerprint density at radius 3 is 2.54 bits per heavy atom. The molecule has 136 valence electrons. The Labute approximate surface area is 153 Å². The Hall–Kier alpha value is -2.50. The van der Waals surface area contributed by atoms with Crippen molar-refractivity contribution in [2.24, 2.45) is 5.92 Å². The molecule has 0 radical (unpaired) electrons. The van der Waals surface area contributed by atoms with Gasteiger partial charge in [0.05, 0.1) is 5.57 Å². The van der Waals surface area contributed by atoms with Gasteiger partial charge in [-0.15, -0.1) is 0 Å². The van der Waals surface area contributed by atoms with Gasteiger partial charge in [-0.3, -0.25) is 9.59 Å². The molecular weight excluding hydrogens is 328 g/mol. The highest BCUT2D eigenvalue weighted by Crippen LogP contribution is 2.29. The monoisotopic (exact) mass is 352 g/mol. The summed E-state index contributed by atoms with van der Waals surface area (Å²) in [4.78, 5) is 27.0. The van der Waals surface area contributed by atoms with Gasteiger partial charge >= 0.3 is 0 Å². The van der Waals surface area contributed by atoms with Gasteiger partial charge in [0.15, 0.2) is 0 Å². The number of fused-ring (bicyclic) bond motifs is 1. The van der Waals surface area contributed by atoms with Crippen molar-refractivity contribution in [3.05, 3.63) is 64.8 Å². The van der Waals surface area contributed by atoms with Crippen LogP contribution in [-0.4, -0.2) is 54.8 Å². The van der Waals surface area contributed by atoms with Gasteiger partial charge < -0.3 is 15.3 Å². The first-order valence-corrected chi connectivity index (χ1v) is 8.77. The maximum absolute atomic E-state index is 12.5. The van der Waals surface area contributed by atoms with E-state index in [0.717, 1.165) is 6.54 Å². The molecule has 5 nitrogen and oxygen atoms in total. The van der Waals surface area contributed by atoms with E-state index in [1.807, 2.05) is 20.2 Å². The third kappa shape index (κ3) is 3.41. The van der Waals surface area contributed by atoms with Crippen LogP contribution in [0.3, 0.4) is 0 Å². The molecular formula is C21H24N2O3. The number of hydrogen-bond donors (Lipinski definition) is 2. The summed E-state index contributed by atoms with van der Waals surface area (Å²) in [5.41, 5.74) is 2.05. The normalized spacial score (nSPS) is 20.6. The topological polar surface area (TPSA) is 69.6 Å². The van der Waals surface area contributed by atoms with E-state index >= 15 is 0 Å². The minimum atomic E-state index is -0.635. The lowest BCUT2D eigenvalue weighted by molar-refractivity contribution is -0.112. The summed E-state index contributed by atoms with van der Waals surface area (Å²) in [7, 11) is 4.07. The number of carbonyl (C=O) groups is 2. The smallest absolute Gasteiger partial charge is 0.234 e. The summed E-state index contributed by atoms with van der Waals surface area (Å²) in [6, 6.07) is 6.24. The number of ketones is 2. The summed E-state index contributed by atoms with van der Waals surface area (Å²) >= 11 is 0. The van der Waals surface area contributed by atoms with Crippen LogP contribution < -0.4 is 5.32 Å². The lowest BCUT2D eigenvalue weighted by Crippen LogP contribution is -2.38. The van der Waals surface area contributed by atoms with Gasteiger partial charge in [-0.2, -0.15) is 0 Å². The van der Waals surface area contributed by atoms with Crippen molar-refractivity contribution in [2.75, 3.05) is 27.2 Å². The number of aliphatic hydroxyl groups excluding tert-OH is 1. The number of benzene rings is 1. The molecule has 2 aliphatic rings. The van der Waals surface area contributed by atoms with Crippen molar-refractivity contribution in [3.63, 3.8) is 0 Å². The molecule has 3 rings (SSSR count).